The number of aliphatic hydroxyl groups excluding tert-OH is 1. The van der Waals surface area contributed by atoms with Crippen LogP contribution in [0.15, 0.2) is 0 Å². The lowest BCUT2D eigenvalue weighted by Gasteiger charge is -2.41. The number of hydrogen-bond donors (Lipinski definition) is 1. The highest BCUT2D eigenvalue weighted by atomic mass is 32.2. The second-order valence-corrected chi connectivity index (χ2v) is 6.67. The lowest BCUT2D eigenvalue weighted by molar-refractivity contribution is 0.0566. The third-order valence-corrected chi connectivity index (χ3v) is 4.93. The van der Waals surface area contributed by atoms with Gasteiger partial charge in [-0.25, -0.2) is 0 Å². The van der Waals surface area contributed by atoms with E-state index in [0.717, 1.165) is 18.3 Å². The summed E-state index contributed by atoms with van der Waals surface area (Å²) in [6, 6.07) is 0.750. The first kappa shape index (κ1) is 14.6. The van der Waals surface area contributed by atoms with Crippen molar-refractivity contribution < 1.29 is 5.11 Å². The molecule has 2 fully saturated rings. The van der Waals surface area contributed by atoms with Gasteiger partial charge in [-0.15, -0.1) is 0 Å². The molecule has 2 rings (SSSR count). The summed E-state index contributed by atoms with van der Waals surface area (Å²) in [5.74, 6) is 0.866. The molecule has 1 N–H and O–H groups in total. The molecule has 4 heteroatoms. The van der Waals surface area contributed by atoms with E-state index in [9.17, 15) is 5.11 Å². The van der Waals surface area contributed by atoms with E-state index in [0.29, 0.717) is 0 Å². The molecule has 18 heavy (non-hydrogen) atoms. The van der Waals surface area contributed by atoms with Gasteiger partial charge in [-0.3, -0.25) is 9.80 Å². The van der Waals surface area contributed by atoms with Crippen molar-refractivity contribution >= 4 is 11.8 Å². The molecule has 2 aliphatic rings. The van der Waals surface area contributed by atoms with E-state index in [1.54, 1.807) is 11.8 Å². The molecule has 0 saturated carbocycles. The average Bonchev–Trinajstić information content (AvgIpc) is 2.40. The largest absolute Gasteiger partial charge is 0.391 e. The first-order valence-corrected chi connectivity index (χ1v) is 8.82. The van der Waals surface area contributed by atoms with Gasteiger partial charge in [0.05, 0.1) is 6.10 Å². The van der Waals surface area contributed by atoms with Crippen molar-refractivity contribution in [2.45, 2.75) is 44.2 Å². The zero-order valence-corrected chi connectivity index (χ0v) is 12.5. The maximum absolute atomic E-state index is 9.92. The van der Waals surface area contributed by atoms with Crippen molar-refractivity contribution in [3.05, 3.63) is 0 Å². The molecule has 0 unspecified atom stereocenters. The molecular weight excluding hydrogens is 244 g/mol. The number of nitrogens with zero attached hydrogens (tertiary/aromatic N) is 2. The summed E-state index contributed by atoms with van der Waals surface area (Å²) < 4.78 is 0. The van der Waals surface area contributed by atoms with E-state index in [4.69, 9.17) is 0 Å². The minimum atomic E-state index is -0.153. The molecule has 0 amide bonds. The Bertz CT molecular complexity index is 234. The molecular formula is C14H28N2OS. The second kappa shape index (κ2) is 7.73. The zero-order valence-electron chi connectivity index (χ0n) is 11.7. The van der Waals surface area contributed by atoms with Gasteiger partial charge in [0.25, 0.3) is 0 Å². The normalized spacial score (nSPS) is 29.3. The smallest absolute Gasteiger partial charge is 0.0757 e. The molecule has 106 valence electrons. The van der Waals surface area contributed by atoms with E-state index < -0.39 is 0 Å². The minimum Gasteiger partial charge on any atom is -0.391 e. The Balaban J connectivity index is 1.76. The molecule has 3 nitrogen and oxygen atoms in total. The molecule has 0 aromatic rings. The van der Waals surface area contributed by atoms with Crippen molar-refractivity contribution in [1.29, 1.82) is 0 Å². The molecule has 2 heterocycles. The molecule has 2 saturated heterocycles. The SMILES string of the molecule is CSC[C@@H](O)CN1CCC[C@H](N2CCCCC2)C1. The Hall–Kier alpha value is 0.230. The van der Waals surface area contributed by atoms with Crippen molar-refractivity contribution in [2.24, 2.45) is 0 Å². The van der Waals surface area contributed by atoms with Crippen LogP contribution in [-0.4, -0.2) is 71.8 Å². The highest BCUT2D eigenvalue weighted by Crippen LogP contribution is 2.20. The fourth-order valence-corrected chi connectivity index (χ4v) is 3.81. The first-order valence-electron chi connectivity index (χ1n) is 7.43. The molecule has 0 aromatic carbocycles. The topological polar surface area (TPSA) is 26.7 Å². The fraction of sp³-hybridized carbons (Fsp3) is 1.00. The van der Waals surface area contributed by atoms with Gasteiger partial charge < -0.3 is 5.11 Å². The molecule has 0 spiro atoms. The van der Waals surface area contributed by atoms with Gasteiger partial charge in [0, 0.05) is 24.9 Å². The Morgan fingerprint density at radius 3 is 2.67 bits per heavy atom. The number of hydrogen-bond acceptors (Lipinski definition) is 4. The summed E-state index contributed by atoms with van der Waals surface area (Å²) >= 11 is 1.74. The summed E-state index contributed by atoms with van der Waals surface area (Å²) in [5.41, 5.74) is 0. The predicted molar refractivity (Wildman–Crippen MR) is 79.3 cm³/mol. The molecule has 2 atom stereocenters. The van der Waals surface area contributed by atoms with Gasteiger partial charge >= 0.3 is 0 Å². The van der Waals surface area contributed by atoms with Gasteiger partial charge in [-0.05, 0) is 51.6 Å². The number of thioether (sulfide) groups is 1. The van der Waals surface area contributed by atoms with Crippen LogP contribution in [0.3, 0.4) is 0 Å². The van der Waals surface area contributed by atoms with Crippen LogP contribution in [0.5, 0.6) is 0 Å². The third-order valence-electron chi connectivity index (χ3n) is 4.22. The number of β-amino-alcohol motifs (C(OH)–C–C–N with tert-alkyl or cyclic N) is 1. The van der Waals surface area contributed by atoms with E-state index >= 15 is 0 Å². The van der Waals surface area contributed by atoms with Crippen molar-refractivity contribution in [3.8, 4) is 0 Å². The monoisotopic (exact) mass is 272 g/mol. The standard InChI is InChI=1S/C14H28N2OS/c1-18-12-14(17)11-15-7-5-6-13(10-15)16-8-3-2-4-9-16/h13-14,17H,2-12H2,1H3/t13-,14-/m0/s1. The van der Waals surface area contributed by atoms with Crippen molar-refractivity contribution in [3.63, 3.8) is 0 Å². The lowest BCUT2D eigenvalue weighted by atomic mass is 10.0. The highest BCUT2D eigenvalue weighted by Gasteiger charge is 2.26. The Morgan fingerprint density at radius 2 is 1.94 bits per heavy atom. The quantitative estimate of drug-likeness (QED) is 0.823. The molecule has 0 bridgehead atoms. The van der Waals surface area contributed by atoms with Gasteiger partial charge in [-0.2, -0.15) is 11.8 Å². The molecule has 0 aromatic heterocycles. The maximum Gasteiger partial charge on any atom is 0.0757 e. The first-order chi connectivity index (χ1) is 8.79. The van der Waals surface area contributed by atoms with Gasteiger partial charge in [0.15, 0.2) is 0 Å². The Morgan fingerprint density at radius 1 is 1.17 bits per heavy atom. The number of rotatable bonds is 5. The van der Waals surface area contributed by atoms with Crippen molar-refractivity contribution in [2.75, 3.05) is 44.7 Å². The van der Waals surface area contributed by atoms with Crippen LogP contribution in [0.1, 0.15) is 32.1 Å². The lowest BCUT2D eigenvalue weighted by Crippen LogP contribution is -2.51. The van der Waals surface area contributed by atoms with Crippen LogP contribution >= 0.6 is 11.8 Å². The van der Waals surface area contributed by atoms with E-state index in [2.05, 4.69) is 16.1 Å². The van der Waals surface area contributed by atoms with Crippen molar-refractivity contribution in [1.82, 2.24) is 9.80 Å². The number of piperidine rings is 2. The zero-order chi connectivity index (χ0) is 12.8. The second-order valence-electron chi connectivity index (χ2n) is 5.76. The van der Waals surface area contributed by atoms with Crippen LogP contribution in [-0.2, 0) is 0 Å². The number of likely N-dealkylation sites (tertiary alicyclic amines) is 2. The van der Waals surface area contributed by atoms with Gasteiger partial charge in [0.1, 0.15) is 0 Å². The predicted octanol–water partition coefficient (Wildman–Crippen LogP) is 1.66. The maximum atomic E-state index is 9.92. The van der Waals surface area contributed by atoms with Crippen LogP contribution in [0.4, 0.5) is 0 Å². The van der Waals surface area contributed by atoms with Gasteiger partial charge in [-0.1, -0.05) is 6.42 Å². The Labute approximate surface area is 116 Å². The van der Waals surface area contributed by atoms with Crippen LogP contribution in [0, 0.1) is 0 Å². The average molecular weight is 272 g/mol. The summed E-state index contributed by atoms with van der Waals surface area (Å²) in [6.07, 6.45) is 8.74. The summed E-state index contributed by atoms with van der Waals surface area (Å²) in [5, 5.41) is 9.92. The summed E-state index contributed by atoms with van der Waals surface area (Å²) in [4.78, 5) is 5.17. The third kappa shape index (κ3) is 4.41. The van der Waals surface area contributed by atoms with E-state index in [-0.39, 0.29) is 6.10 Å². The van der Waals surface area contributed by atoms with E-state index in [1.165, 1.54) is 58.3 Å². The Kier molecular flexibility index (Phi) is 6.29. The van der Waals surface area contributed by atoms with Crippen LogP contribution in [0.2, 0.25) is 0 Å². The van der Waals surface area contributed by atoms with E-state index in [1.807, 2.05) is 0 Å². The molecule has 0 radical (unpaired) electrons. The molecule has 0 aliphatic carbocycles. The van der Waals surface area contributed by atoms with Crippen LogP contribution < -0.4 is 0 Å². The summed E-state index contributed by atoms with van der Waals surface area (Å²) in [7, 11) is 0. The highest BCUT2D eigenvalue weighted by molar-refractivity contribution is 7.98. The summed E-state index contributed by atoms with van der Waals surface area (Å²) in [6.45, 7) is 5.81. The fourth-order valence-electron chi connectivity index (χ4n) is 3.32. The van der Waals surface area contributed by atoms with Gasteiger partial charge in [0.2, 0.25) is 0 Å². The number of aliphatic hydroxyl groups is 1. The van der Waals surface area contributed by atoms with Crippen LogP contribution in [0.25, 0.3) is 0 Å². The minimum absolute atomic E-state index is 0.153. The molecule has 2 aliphatic heterocycles.